The van der Waals surface area contributed by atoms with Gasteiger partial charge in [-0.15, -0.1) is 0 Å². The van der Waals surface area contributed by atoms with Gasteiger partial charge in [0.15, 0.2) is 0 Å². The van der Waals surface area contributed by atoms with Crippen molar-refractivity contribution < 1.29 is 18.3 Å². The molecule has 0 amide bonds. The molecule has 116 valence electrons. The van der Waals surface area contributed by atoms with Crippen LogP contribution in [0.15, 0.2) is 17.3 Å². The van der Waals surface area contributed by atoms with E-state index in [4.69, 9.17) is 5.11 Å². The lowest BCUT2D eigenvalue weighted by Gasteiger charge is -2.36. The second kappa shape index (κ2) is 5.39. The zero-order valence-electron chi connectivity index (χ0n) is 11.6. The van der Waals surface area contributed by atoms with Crippen LogP contribution in [0.5, 0.6) is 0 Å². The topological polar surface area (TPSA) is 95.7 Å². The number of hydrogen-bond acceptors (Lipinski definition) is 5. The van der Waals surface area contributed by atoms with E-state index in [1.165, 1.54) is 16.7 Å². The van der Waals surface area contributed by atoms with E-state index < -0.39 is 16.0 Å². The largest absolute Gasteiger partial charge is 0.480 e. The Kier molecular flexibility index (Phi) is 3.72. The number of hydrogen-bond donors (Lipinski definition) is 1. The van der Waals surface area contributed by atoms with Crippen LogP contribution in [-0.2, 0) is 21.4 Å². The van der Waals surface area contributed by atoms with Gasteiger partial charge in [-0.05, 0) is 19.4 Å². The van der Waals surface area contributed by atoms with Crippen LogP contribution in [-0.4, -0.2) is 70.7 Å². The van der Waals surface area contributed by atoms with Gasteiger partial charge in [0.2, 0.25) is 10.0 Å². The number of nitrogens with zero attached hydrogens (tertiary/aromatic N) is 4. The van der Waals surface area contributed by atoms with Gasteiger partial charge in [-0.3, -0.25) is 14.4 Å². The predicted molar refractivity (Wildman–Crippen MR) is 73.2 cm³/mol. The smallest absolute Gasteiger partial charge is 0.325 e. The summed E-state index contributed by atoms with van der Waals surface area (Å²) in [5.74, 6) is -1.05. The zero-order chi connectivity index (χ0) is 15.0. The molecule has 1 unspecified atom stereocenters. The Bertz CT molecular complexity index is 641. The fraction of sp³-hybridized carbons (Fsp3) is 0.667. The number of carboxylic acid groups (broad SMARTS) is 1. The van der Waals surface area contributed by atoms with Crippen LogP contribution in [0.1, 0.15) is 12.8 Å². The Morgan fingerprint density at radius 2 is 2.19 bits per heavy atom. The summed E-state index contributed by atoms with van der Waals surface area (Å²) in [6.45, 7) is 2.45. The highest BCUT2D eigenvalue weighted by atomic mass is 32.2. The van der Waals surface area contributed by atoms with Crippen molar-refractivity contribution in [3.05, 3.63) is 12.4 Å². The molecule has 3 heterocycles. The van der Waals surface area contributed by atoms with Gasteiger partial charge >= 0.3 is 5.97 Å². The molecule has 2 fully saturated rings. The second-order valence-electron chi connectivity index (χ2n) is 5.46. The molecule has 0 bridgehead atoms. The molecule has 0 radical (unpaired) electrons. The molecule has 8 nitrogen and oxygen atoms in total. The van der Waals surface area contributed by atoms with Gasteiger partial charge in [0, 0.05) is 31.9 Å². The second-order valence-corrected chi connectivity index (χ2v) is 7.40. The summed E-state index contributed by atoms with van der Waals surface area (Å²) >= 11 is 0. The average Bonchev–Trinajstić information content (AvgIpc) is 3.05. The number of sulfonamides is 1. The molecular weight excluding hydrogens is 296 g/mol. The van der Waals surface area contributed by atoms with Crippen LogP contribution < -0.4 is 0 Å². The average molecular weight is 314 g/mol. The van der Waals surface area contributed by atoms with Gasteiger partial charge in [-0.2, -0.15) is 9.40 Å². The Morgan fingerprint density at radius 3 is 2.95 bits per heavy atom. The molecule has 0 aromatic carbocycles. The summed E-state index contributed by atoms with van der Waals surface area (Å²) in [6, 6.07) is 0.308. The maximum absolute atomic E-state index is 12.6. The first-order chi connectivity index (χ1) is 9.96. The SMILES string of the molecule is O=C(O)Cn1cc(S(=O)(=O)N2CCN3CCCC3C2)cn1. The van der Waals surface area contributed by atoms with Gasteiger partial charge in [0.1, 0.15) is 11.4 Å². The van der Waals surface area contributed by atoms with Crippen molar-refractivity contribution in [2.24, 2.45) is 0 Å². The number of carbonyl (C=O) groups is 1. The number of rotatable bonds is 4. The summed E-state index contributed by atoms with van der Waals surface area (Å²) in [5.41, 5.74) is 0. The minimum absolute atomic E-state index is 0.0650. The molecule has 21 heavy (non-hydrogen) atoms. The summed E-state index contributed by atoms with van der Waals surface area (Å²) in [5, 5.41) is 12.5. The molecule has 1 aromatic rings. The third-order valence-corrected chi connectivity index (χ3v) is 5.91. The Morgan fingerprint density at radius 1 is 1.38 bits per heavy atom. The molecule has 2 aliphatic rings. The molecule has 0 spiro atoms. The predicted octanol–water partition coefficient (Wildman–Crippen LogP) is -0.564. The molecule has 2 saturated heterocycles. The summed E-state index contributed by atoms with van der Waals surface area (Å²) in [4.78, 5) is 13.0. The zero-order valence-corrected chi connectivity index (χ0v) is 12.4. The van der Waals surface area contributed by atoms with Crippen LogP contribution in [0.4, 0.5) is 0 Å². The highest BCUT2D eigenvalue weighted by Gasteiger charge is 2.36. The highest BCUT2D eigenvalue weighted by molar-refractivity contribution is 7.89. The fourth-order valence-corrected chi connectivity index (χ4v) is 4.46. The lowest BCUT2D eigenvalue weighted by molar-refractivity contribution is -0.137. The summed E-state index contributed by atoms with van der Waals surface area (Å²) < 4.78 is 27.8. The number of aliphatic carboxylic acids is 1. The van der Waals surface area contributed by atoms with Gasteiger partial charge in [0.05, 0.1) is 6.20 Å². The van der Waals surface area contributed by atoms with E-state index in [1.807, 2.05) is 0 Å². The molecule has 3 rings (SSSR count). The fourth-order valence-electron chi connectivity index (χ4n) is 3.03. The third-order valence-electron chi connectivity index (χ3n) is 4.09. The molecule has 2 aliphatic heterocycles. The van der Waals surface area contributed by atoms with E-state index in [9.17, 15) is 13.2 Å². The van der Waals surface area contributed by atoms with Crippen molar-refractivity contribution in [1.29, 1.82) is 0 Å². The van der Waals surface area contributed by atoms with Crippen LogP contribution in [0.25, 0.3) is 0 Å². The van der Waals surface area contributed by atoms with Crippen molar-refractivity contribution in [2.45, 2.75) is 30.3 Å². The van der Waals surface area contributed by atoms with Crippen LogP contribution in [0.2, 0.25) is 0 Å². The summed E-state index contributed by atoms with van der Waals surface area (Å²) in [7, 11) is -3.59. The number of carboxylic acids is 1. The summed E-state index contributed by atoms with van der Waals surface area (Å²) in [6.07, 6.45) is 4.66. The number of fused-ring (bicyclic) bond motifs is 1. The van der Waals surface area contributed by atoms with Crippen molar-refractivity contribution in [3.63, 3.8) is 0 Å². The monoisotopic (exact) mass is 314 g/mol. The Labute approximate surface area is 123 Å². The van der Waals surface area contributed by atoms with E-state index in [0.29, 0.717) is 19.1 Å². The highest BCUT2D eigenvalue weighted by Crippen LogP contribution is 2.25. The van der Waals surface area contributed by atoms with Crippen molar-refractivity contribution >= 4 is 16.0 Å². The van der Waals surface area contributed by atoms with Crippen molar-refractivity contribution in [2.75, 3.05) is 26.2 Å². The molecule has 1 aromatic heterocycles. The van der Waals surface area contributed by atoms with E-state index in [0.717, 1.165) is 30.6 Å². The van der Waals surface area contributed by atoms with E-state index in [1.54, 1.807) is 0 Å². The van der Waals surface area contributed by atoms with Gasteiger partial charge in [0.25, 0.3) is 0 Å². The molecular formula is C12H18N4O4S. The lowest BCUT2D eigenvalue weighted by atomic mass is 10.2. The molecule has 1 atom stereocenters. The van der Waals surface area contributed by atoms with Crippen LogP contribution in [0, 0.1) is 0 Å². The first-order valence-corrected chi connectivity index (χ1v) is 8.39. The molecule has 9 heteroatoms. The van der Waals surface area contributed by atoms with E-state index in [2.05, 4.69) is 10.00 Å². The van der Waals surface area contributed by atoms with Gasteiger partial charge < -0.3 is 5.11 Å². The van der Waals surface area contributed by atoms with Crippen LogP contribution in [0.3, 0.4) is 0 Å². The maximum Gasteiger partial charge on any atom is 0.325 e. The van der Waals surface area contributed by atoms with E-state index in [-0.39, 0.29) is 11.4 Å². The maximum atomic E-state index is 12.6. The third kappa shape index (κ3) is 2.81. The Balaban J connectivity index is 1.77. The number of aromatic nitrogens is 2. The molecule has 0 saturated carbocycles. The van der Waals surface area contributed by atoms with Gasteiger partial charge in [-0.25, -0.2) is 8.42 Å². The van der Waals surface area contributed by atoms with Crippen LogP contribution >= 0.6 is 0 Å². The minimum Gasteiger partial charge on any atom is -0.480 e. The van der Waals surface area contributed by atoms with Gasteiger partial charge in [-0.1, -0.05) is 0 Å². The Hall–Kier alpha value is -1.45. The number of piperazine rings is 1. The standard InChI is InChI=1S/C12H18N4O4S/c17-12(18)9-15-8-11(6-13-15)21(19,20)16-5-4-14-3-1-2-10(14)7-16/h6,8,10H,1-5,7,9H2,(H,17,18). The lowest BCUT2D eigenvalue weighted by Crippen LogP contribution is -2.51. The first kappa shape index (κ1) is 14.5. The van der Waals surface area contributed by atoms with E-state index >= 15 is 0 Å². The quantitative estimate of drug-likeness (QED) is 0.800. The van der Waals surface area contributed by atoms with Crippen molar-refractivity contribution in [3.8, 4) is 0 Å². The normalized spacial score (nSPS) is 24.1. The first-order valence-electron chi connectivity index (χ1n) is 6.95. The van der Waals surface area contributed by atoms with Crippen molar-refractivity contribution in [1.82, 2.24) is 19.0 Å². The molecule has 1 N–H and O–H groups in total. The minimum atomic E-state index is -3.59. The molecule has 0 aliphatic carbocycles.